The first-order valence-corrected chi connectivity index (χ1v) is 7.93. The van der Waals surface area contributed by atoms with Gasteiger partial charge in [0.1, 0.15) is 12.7 Å². The summed E-state index contributed by atoms with van der Waals surface area (Å²) in [7, 11) is 0. The zero-order chi connectivity index (χ0) is 18.3. The molecule has 1 aliphatic heterocycles. The Hall–Kier alpha value is -0.400. The third-order valence-electron chi connectivity index (χ3n) is 5.02. The molecular formula is C14H28N2O8. The summed E-state index contributed by atoms with van der Waals surface area (Å²) in [6.45, 7) is 2.63. The molecule has 1 heterocycles. The van der Waals surface area contributed by atoms with Gasteiger partial charge < -0.3 is 51.2 Å². The van der Waals surface area contributed by atoms with Crippen molar-refractivity contribution in [2.75, 3.05) is 19.7 Å². The van der Waals surface area contributed by atoms with Crippen molar-refractivity contribution in [2.45, 2.75) is 56.1 Å². The van der Waals surface area contributed by atoms with Crippen LogP contribution in [0, 0.1) is 11.8 Å². The van der Waals surface area contributed by atoms with Crippen LogP contribution in [0.1, 0.15) is 13.8 Å². The summed E-state index contributed by atoms with van der Waals surface area (Å²) in [6, 6.07) is 0. The van der Waals surface area contributed by atoms with Gasteiger partial charge in [-0.05, 0) is 20.4 Å². The molecular weight excluding hydrogens is 324 g/mol. The van der Waals surface area contributed by atoms with Gasteiger partial charge in [-0.25, -0.2) is 0 Å². The molecule has 10 heteroatoms. The van der Waals surface area contributed by atoms with Gasteiger partial charge in [-0.1, -0.05) is 0 Å². The van der Waals surface area contributed by atoms with Crippen LogP contribution < -0.4 is 11.5 Å². The number of aliphatic hydroxyl groups is 5. The Kier molecular flexibility index (Phi) is 5.87. The van der Waals surface area contributed by atoms with E-state index < -0.39 is 48.9 Å². The lowest BCUT2D eigenvalue weighted by atomic mass is 10.1. The molecule has 0 aromatic carbocycles. The van der Waals surface area contributed by atoms with Crippen LogP contribution in [0.3, 0.4) is 0 Å². The maximum atomic E-state index is 10.5. The van der Waals surface area contributed by atoms with E-state index >= 15 is 0 Å². The predicted molar refractivity (Wildman–Crippen MR) is 80.1 cm³/mol. The van der Waals surface area contributed by atoms with Crippen molar-refractivity contribution < 1.29 is 39.7 Å². The SMILES string of the molecule is CC(O)C(CN)OC(OC1(CO)OC2(C)C(CN)C2C1O)C(O)O. The van der Waals surface area contributed by atoms with E-state index in [1.165, 1.54) is 6.92 Å². The third-order valence-corrected chi connectivity index (χ3v) is 5.02. The van der Waals surface area contributed by atoms with Gasteiger partial charge in [-0.3, -0.25) is 0 Å². The average molecular weight is 352 g/mol. The van der Waals surface area contributed by atoms with Crippen LogP contribution in [0.25, 0.3) is 0 Å². The fourth-order valence-corrected chi connectivity index (χ4v) is 3.53. The molecule has 0 spiro atoms. The van der Waals surface area contributed by atoms with Gasteiger partial charge in [0.15, 0.2) is 0 Å². The molecule has 10 nitrogen and oxygen atoms in total. The Balaban J connectivity index is 2.13. The van der Waals surface area contributed by atoms with Crippen LogP contribution in [-0.2, 0) is 14.2 Å². The number of ether oxygens (including phenoxy) is 3. The smallest absolute Gasteiger partial charge is 0.221 e. The summed E-state index contributed by atoms with van der Waals surface area (Å²) in [5.41, 5.74) is 10.3. The predicted octanol–water partition coefficient (Wildman–Crippen LogP) is -3.59. The van der Waals surface area contributed by atoms with E-state index in [2.05, 4.69) is 0 Å². The molecule has 9 N–H and O–H groups in total. The summed E-state index contributed by atoms with van der Waals surface area (Å²) in [5.74, 6) is -2.30. The fourth-order valence-electron chi connectivity index (χ4n) is 3.53. The lowest BCUT2D eigenvalue weighted by Crippen LogP contribution is -2.55. The maximum absolute atomic E-state index is 10.5. The second kappa shape index (κ2) is 7.08. The second-order valence-corrected chi connectivity index (χ2v) is 6.62. The number of hydrogen-bond donors (Lipinski definition) is 7. The summed E-state index contributed by atoms with van der Waals surface area (Å²) in [6.07, 6.45) is -6.95. The number of fused-ring (bicyclic) bond motifs is 1. The van der Waals surface area contributed by atoms with E-state index in [4.69, 9.17) is 25.7 Å². The van der Waals surface area contributed by atoms with E-state index in [0.717, 1.165) is 0 Å². The Bertz CT molecular complexity index is 439. The highest BCUT2D eigenvalue weighted by Crippen LogP contribution is 2.64. The highest BCUT2D eigenvalue weighted by molar-refractivity contribution is 5.22. The van der Waals surface area contributed by atoms with Crippen LogP contribution in [0.2, 0.25) is 0 Å². The van der Waals surface area contributed by atoms with Crippen LogP contribution in [-0.4, -0.2) is 87.5 Å². The molecule has 1 saturated carbocycles. The first-order chi connectivity index (χ1) is 11.2. The average Bonchev–Trinajstić information content (AvgIpc) is 3.04. The molecule has 0 aromatic heterocycles. The van der Waals surface area contributed by atoms with E-state index in [-0.39, 0.29) is 18.4 Å². The van der Waals surface area contributed by atoms with Gasteiger partial charge >= 0.3 is 0 Å². The quantitative estimate of drug-likeness (QED) is 0.205. The minimum absolute atomic E-state index is 0.0801. The zero-order valence-corrected chi connectivity index (χ0v) is 13.8. The van der Waals surface area contributed by atoms with Crippen LogP contribution in [0.4, 0.5) is 0 Å². The molecule has 24 heavy (non-hydrogen) atoms. The molecule has 8 atom stereocenters. The Morgan fingerprint density at radius 3 is 2.21 bits per heavy atom. The molecule has 0 aromatic rings. The lowest BCUT2D eigenvalue weighted by Gasteiger charge is -2.38. The molecule has 0 amide bonds. The molecule has 2 rings (SSSR count). The summed E-state index contributed by atoms with van der Waals surface area (Å²) in [5, 5.41) is 48.7. The third kappa shape index (κ3) is 3.19. The summed E-state index contributed by atoms with van der Waals surface area (Å²) >= 11 is 0. The molecule has 8 unspecified atom stereocenters. The van der Waals surface area contributed by atoms with E-state index in [0.29, 0.717) is 6.54 Å². The van der Waals surface area contributed by atoms with E-state index in [1.54, 1.807) is 6.92 Å². The molecule has 2 fully saturated rings. The highest BCUT2D eigenvalue weighted by atomic mass is 16.8. The van der Waals surface area contributed by atoms with Crippen molar-refractivity contribution in [1.29, 1.82) is 0 Å². The monoisotopic (exact) mass is 352 g/mol. The Morgan fingerprint density at radius 1 is 1.25 bits per heavy atom. The Labute approximate surface area is 139 Å². The summed E-state index contributed by atoms with van der Waals surface area (Å²) in [4.78, 5) is 0. The van der Waals surface area contributed by atoms with Gasteiger partial charge in [0.25, 0.3) is 0 Å². The molecule has 0 bridgehead atoms. The number of nitrogens with two attached hydrogens (primary N) is 2. The summed E-state index contributed by atoms with van der Waals surface area (Å²) < 4.78 is 16.4. The van der Waals surface area contributed by atoms with E-state index in [9.17, 15) is 25.5 Å². The minimum Gasteiger partial charge on any atom is -0.391 e. The van der Waals surface area contributed by atoms with Gasteiger partial charge in [0.05, 0.1) is 17.8 Å². The van der Waals surface area contributed by atoms with Crippen LogP contribution in [0.15, 0.2) is 0 Å². The van der Waals surface area contributed by atoms with E-state index in [1.807, 2.05) is 0 Å². The van der Waals surface area contributed by atoms with Crippen molar-refractivity contribution in [1.82, 2.24) is 0 Å². The van der Waals surface area contributed by atoms with Crippen molar-refractivity contribution in [3.05, 3.63) is 0 Å². The number of aliphatic hydroxyl groups excluding tert-OH is 4. The molecule has 1 aliphatic carbocycles. The van der Waals surface area contributed by atoms with Crippen molar-refractivity contribution >= 4 is 0 Å². The normalized spacial score (nSPS) is 42.0. The Morgan fingerprint density at radius 2 is 1.88 bits per heavy atom. The van der Waals surface area contributed by atoms with Gasteiger partial charge in [-0.15, -0.1) is 0 Å². The van der Waals surface area contributed by atoms with Crippen molar-refractivity contribution in [3.63, 3.8) is 0 Å². The molecule has 1 saturated heterocycles. The number of rotatable bonds is 9. The molecule has 142 valence electrons. The van der Waals surface area contributed by atoms with Crippen molar-refractivity contribution in [3.8, 4) is 0 Å². The van der Waals surface area contributed by atoms with Gasteiger partial charge in [-0.2, -0.15) is 0 Å². The first kappa shape index (κ1) is 19.9. The van der Waals surface area contributed by atoms with Gasteiger partial charge in [0, 0.05) is 18.4 Å². The van der Waals surface area contributed by atoms with Crippen molar-refractivity contribution in [2.24, 2.45) is 23.3 Å². The molecule has 2 aliphatic rings. The lowest BCUT2D eigenvalue weighted by molar-refractivity contribution is -0.385. The largest absolute Gasteiger partial charge is 0.391 e. The zero-order valence-electron chi connectivity index (χ0n) is 13.8. The first-order valence-electron chi connectivity index (χ1n) is 7.93. The second-order valence-electron chi connectivity index (χ2n) is 6.62. The standard InChI is InChI=1S/C14H28N2O8/c1-6(18)8(4-16)22-12(11(20)21)23-14(5-17)10(19)9-7(3-15)13(9,2)24-14/h6-12,17-21H,3-5,15-16H2,1-2H3. The molecule has 0 radical (unpaired) electrons. The fraction of sp³-hybridized carbons (Fsp3) is 1.00. The van der Waals surface area contributed by atoms with Crippen LogP contribution in [0.5, 0.6) is 0 Å². The number of hydrogen-bond acceptors (Lipinski definition) is 10. The highest BCUT2D eigenvalue weighted by Gasteiger charge is 2.77. The van der Waals surface area contributed by atoms with Crippen LogP contribution >= 0.6 is 0 Å². The minimum atomic E-state index is -2.10. The van der Waals surface area contributed by atoms with Gasteiger partial charge in [0.2, 0.25) is 18.4 Å². The topological polar surface area (TPSA) is 181 Å². The maximum Gasteiger partial charge on any atom is 0.221 e.